The van der Waals surface area contributed by atoms with Gasteiger partial charge in [-0.3, -0.25) is 9.67 Å². The number of hydrogen-bond acceptors (Lipinski definition) is 5. The molecule has 0 saturated carbocycles. The fraction of sp³-hybridized carbons (Fsp3) is 0.438. The van der Waals surface area contributed by atoms with Crippen LogP contribution < -0.4 is 20.1 Å². The standard InChI is InChI=1S/C16H21F3N6O2.HI/c1-20-15(22-8-14-23-10-24-25(14)2)21-7-11-4-5-12(13(6-11)26-3)27-9-16(17,18)19;/h4-6,10H,7-9H2,1-3H3,(H2,20,21,22);1H. The summed E-state index contributed by atoms with van der Waals surface area (Å²) in [5, 5.41) is 10.2. The third kappa shape index (κ3) is 7.40. The van der Waals surface area contributed by atoms with Crippen LogP contribution in [0.15, 0.2) is 29.5 Å². The Kier molecular flexibility index (Phi) is 9.28. The van der Waals surface area contributed by atoms with Gasteiger partial charge in [-0.2, -0.15) is 18.3 Å². The van der Waals surface area contributed by atoms with E-state index in [-0.39, 0.29) is 35.5 Å². The molecule has 1 aromatic heterocycles. The number of rotatable bonds is 7. The van der Waals surface area contributed by atoms with Gasteiger partial charge in [-0.25, -0.2) is 4.98 Å². The van der Waals surface area contributed by atoms with Gasteiger partial charge in [0.25, 0.3) is 0 Å². The summed E-state index contributed by atoms with van der Waals surface area (Å²) >= 11 is 0. The molecule has 8 nitrogen and oxygen atoms in total. The summed E-state index contributed by atoms with van der Waals surface area (Å²) in [5.41, 5.74) is 0.785. The van der Waals surface area contributed by atoms with Gasteiger partial charge in [0.05, 0.1) is 13.7 Å². The summed E-state index contributed by atoms with van der Waals surface area (Å²) < 4.78 is 48.4. The molecule has 2 aromatic rings. The number of aromatic nitrogens is 3. The Morgan fingerprint density at radius 2 is 1.93 bits per heavy atom. The van der Waals surface area contributed by atoms with Crippen molar-refractivity contribution in [2.24, 2.45) is 12.0 Å². The first-order valence-electron chi connectivity index (χ1n) is 7.96. The molecule has 1 aromatic carbocycles. The van der Waals surface area contributed by atoms with Crippen LogP contribution in [-0.4, -0.2) is 47.7 Å². The summed E-state index contributed by atoms with van der Waals surface area (Å²) in [4.78, 5) is 8.21. The number of halogens is 4. The van der Waals surface area contributed by atoms with Crippen molar-refractivity contribution < 1.29 is 22.6 Å². The third-order valence-corrected chi connectivity index (χ3v) is 3.52. The second-order valence-electron chi connectivity index (χ2n) is 5.47. The van der Waals surface area contributed by atoms with Crippen molar-refractivity contribution in [3.05, 3.63) is 35.9 Å². The number of alkyl halides is 3. The zero-order valence-corrected chi connectivity index (χ0v) is 17.9. The highest BCUT2D eigenvalue weighted by atomic mass is 127. The summed E-state index contributed by atoms with van der Waals surface area (Å²) in [6.07, 6.45) is -2.95. The van der Waals surface area contributed by atoms with E-state index in [0.29, 0.717) is 19.0 Å². The molecule has 28 heavy (non-hydrogen) atoms. The third-order valence-electron chi connectivity index (χ3n) is 3.52. The van der Waals surface area contributed by atoms with Crippen LogP contribution in [0.25, 0.3) is 0 Å². The number of nitrogens with zero attached hydrogens (tertiary/aromatic N) is 4. The fourth-order valence-corrected chi connectivity index (χ4v) is 2.15. The maximum Gasteiger partial charge on any atom is 0.422 e. The molecule has 156 valence electrons. The zero-order chi connectivity index (χ0) is 19.9. The lowest BCUT2D eigenvalue weighted by Gasteiger charge is -2.15. The van der Waals surface area contributed by atoms with Crippen molar-refractivity contribution in [2.45, 2.75) is 19.3 Å². The highest BCUT2D eigenvalue weighted by molar-refractivity contribution is 14.0. The normalized spacial score (nSPS) is 11.6. The molecule has 0 unspecified atom stereocenters. The molecular weight excluding hydrogens is 492 g/mol. The Hall–Kier alpha value is -2.25. The molecule has 0 saturated heterocycles. The van der Waals surface area contributed by atoms with Gasteiger partial charge >= 0.3 is 6.18 Å². The smallest absolute Gasteiger partial charge is 0.422 e. The van der Waals surface area contributed by atoms with Crippen LogP contribution in [0.1, 0.15) is 11.4 Å². The summed E-state index contributed by atoms with van der Waals surface area (Å²) in [7, 11) is 4.78. The Balaban J connectivity index is 0.00000392. The summed E-state index contributed by atoms with van der Waals surface area (Å²) in [5.74, 6) is 1.53. The van der Waals surface area contributed by atoms with E-state index in [1.54, 1.807) is 30.9 Å². The predicted octanol–water partition coefficient (Wildman–Crippen LogP) is 2.25. The Morgan fingerprint density at radius 1 is 1.21 bits per heavy atom. The first-order valence-corrected chi connectivity index (χ1v) is 7.96. The van der Waals surface area contributed by atoms with Gasteiger partial charge in [-0.15, -0.1) is 24.0 Å². The van der Waals surface area contributed by atoms with Crippen LogP contribution in [0.2, 0.25) is 0 Å². The molecule has 1 heterocycles. The minimum absolute atomic E-state index is 0. The van der Waals surface area contributed by atoms with Crippen LogP contribution in [0.5, 0.6) is 11.5 Å². The van der Waals surface area contributed by atoms with Crippen molar-refractivity contribution >= 4 is 29.9 Å². The largest absolute Gasteiger partial charge is 0.493 e. The average molecular weight is 514 g/mol. The molecule has 0 amide bonds. The van der Waals surface area contributed by atoms with Crippen LogP contribution in [0.3, 0.4) is 0 Å². The maximum absolute atomic E-state index is 12.3. The molecule has 0 atom stereocenters. The average Bonchev–Trinajstić information content (AvgIpc) is 3.04. The Bertz CT molecular complexity index is 782. The molecule has 0 aliphatic heterocycles. The SMILES string of the molecule is CN=C(NCc1ccc(OCC(F)(F)F)c(OC)c1)NCc1ncnn1C.I. The van der Waals surface area contributed by atoms with E-state index in [9.17, 15) is 13.2 Å². The second-order valence-corrected chi connectivity index (χ2v) is 5.47. The summed E-state index contributed by atoms with van der Waals surface area (Å²) in [6.45, 7) is -0.558. The molecule has 12 heteroatoms. The van der Waals surface area contributed by atoms with Crippen LogP contribution >= 0.6 is 24.0 Å². The van der Waals surface area contributed by atoms with E-state index in [1.165, 1.54) is 19.5 Å². The lowest BCUT2D eigenvalue weighted by atomic mass is 10.2. The van der Waals surface area contributed by atoms with Crippen LogP contribution in [0.4, 0.5) is 13.2 Å². The fourth-order valence-electron chi connectivity index (χ4n) is 2.15. The molecule has 2 N–H and O–H groups in total. The van der Waals surface area contributed by atoms with Gasteiger partial charge in [0.15, 0.2) is 24.1 Å². The highest BCUT2D eigenvalue weighted by Crippen LogP contribution is 2.29. The van der Waals surface area contributed by atoms with Crippen molar-refractivity contribution in [3.8, 4) is 11.5 Å². The van der Waals surface area contributed by atoms with Gasteiger partial charge < -0.3 is 20.1 Å². The minimum Gasteiger partial charge on any atom is -0.493 e. The molecular formula is C16H22F3IN6O2. The predicted molar refractivity (Wildman–Crippen MR) is 108 cm³/mol. The van der Waals surface area contributed by atoms with E-state index in [0.717, 1.165) is 11.4 Å². The quantitative estimate of drug-likeness (QED) is 0.335. The number of ether oxygens (including phenoxy) is 2. The minimum atomic E-state index is -4.41. The Labute approximate surface area is 177 Å². The lowest BCUT2D eigenvalue weighted by Crippen LogP contribution is -2.36. The zero-order valence-electron chi connectivity index (χ0n) is 15.6. The number of methoxy groups -OCH3 is 1. The molecule has 0 spiro atoms. The van der Waals surface area contributed by atoms with Crippen molar-refractivity contribution in [2.75, 3.05) is 20.8 Å². The van der Waals surface area contributed by atoms with Gasteiger partial charge in [0, 0.05) is 20.6 Å². The van der Waals surface area contributed by atoms with Gasteiger partial charge in [0.1, 0.15) is 12.2 Å². The highest BCUT2D eigenvalue weighted by Gasteiger charge is 2.29. The van der Waals surface area contributed by atoms with Crippen molar-refractivity contribution in [1.82, 2.24) is 25.4 Å². The maximum atomic E-state index is 12.3. The number of benzene rings is 1. The Morgan fingerprint density at radius 3 is 2.50 bits per heavy atom. The molecule has 0 fully saturated rings. The van der Waals surface area contributed by atoms with Crippen LogP contribution in [0, 0.1) is 0 Å². The number of hydrogen-bond donors (Lipinski definition) is 2. The van der Waals surface area contributed by atoms with Crippen LogP contribution in [-0.2, 0) is 20.1 Å². The molecule has 0 aliphatic rings. The topological polar surface area (TPSA) is 85.6 Å². The van der Waals surface area contributed by atoms with E-state index in [4.69, 9.17) is 9.47 Å². The first kappa shape index (κ1) is 23.8. The second kappa shape index (κ2) is 10.9. The van der Waals surface area contributed by atoms with E-state index in [2.05, 4.69) is 25.7 Å². The monoisotopic (exact) mass is 514 g/mol. The number of aryl methyl sites for hydroxylation is 1. The van der Waals surface area contributed by atoms with E-state index < -0.39 is 12.8 Å². The van der Waals surface area contributed by atoms with Crippen molar-refractivity contribution in [1.29, 1.82) is 0 Å². The number of guanidine groups is 1. The molecule has 0 aliphatic carbocycles. The van der Waals surface area contributed by atoms with E-state index >= 15 is 0 Å². The first-order chi connectivity index (χ1) is 12.8. The van der Waals surface area contributed by atoms with Crippen molar-refractivity contribution in [3.63, 3.8) is 0 Å². The molecule has 0 radical (unpaired) electrons. The van der Waals surface area contributed by atoms with E-state index in [1.807, 2.05) is 0 Å². The number of aliphatic imine (C=N–C) groups is 1. The summed E-state index contributed by atoms with van der Waals surface area (Å²) in [6, 6.07) is 4.70. The van der Waals surface area contributed by atoms with Gasteiger partial charge in [0.2, 0.25) is 0 Å². The van der Waals surface area contributed by atoms with Gasteiger partial charge in [-0.1, -0.05) is 6.07 Å². The molecule has 0 bridgehead atoms. The van der Waals surface area contributed by atoms with Gasteiger partial charge in [-0.05, 0) is 17.7 Å². The lowest BCUT2D eigenvalue weighted by molar-refractivity contribution is -0.153. The molecule has 2 rings (SSSR count). The number of nitrogens with one attached hydrogen (secondary N) is 2.